The van der Waals surface area contributed by atoms with Crippen molar-refractivity contribution >= 4 is 0 Å². The molecule has 0 saturated heterocycles. The SMILES string of the molecule is CCOCCOCC(OCC)C1C=CC=C1. The maximum atomic E-state index is 5.66. The topological polar surface area (TPSA) is 27.7 Å². The lowest BCUT2D eigenvalue weighted by Gasteiger charge is -2.21. The molecule has 0 amide bonds. The van der Waals surface area contributed by atoms with Crippen LogP contribution in [0.1, 0.15) is 13.8 Å². The van der Waals surface area contributed by atoms with Crippen LogP contribution in [0.5, 0.6) is 0 Å². The van der Waals surface area contributed by atoms with E-state index in [9.17, 15) is 0 Å². The maximum absolute atomic E-state index is 5.66. The zero-order valence-corrected chi connectivity index (χ0v) is 10.2. The minimum atomic E-state index is 0.127. The first kappa shape index (κ1) is 13.4. The van der Waals surface area contributed by atoms with Gasteiger partial charge in [-0.25, -0.2) is 0 Å². The molecule has 0 fully saturated rings. The molecule has 1 aliphatic rings. The Labute approximate surface area is 98.1 Å². The van der Waals surface area contributed by atoms with Gasteiger partial charge < -0.3 is 14.2 Å². The highest BCUT2D eigenvalue weighted by Crippen LogP contribution is 2.17. The van der Waals surface area contributed by atoms with Crippen LogP contribution in [0.15, 0.2) is 24.3 Å². The van der Waals surface area contributed by atoms with Crippen molar-refractivity contribution in [3.63, 3.8) is 0 Å². The Morgan fingerprint density at radius 1 is 1.00 bits per heavy atom. The summed E-state index contributed by atoms with van der Waals surface area (Å²) in [5, 5.41) is 0. The van der Waals surface area contributed by atoms with E-state index in [-0.39, 0.29) is 6.10 Å². The molecular weight excluding hydrogens is 204 g/mol. The van der Waals surface area contributed by atoms with Crippen LogP contribution in [-0.4, -0.2) is 39.1 Å². The largest absolute Gasteiger partial charge is 0.379 e. The van der Waals surface area contributed by atoms with E-state index in [1.165, 1.54) is 0 Å². The van der Waals surface area contributed by atoms with Crippen LogP contribution in [0.2, 0.25) is 0 Å². The molecule has 0 N–H and O–H groups in total. The third-order valence-corrected chi connectivity index (χ3v) is 2.45. The van der Waals surface area contributed by atoms with Crippen molar-refractivity contribution in [1.82, 2.24) is 0 Å². The Hall–Kier alpha value is -0.640. The first-order chi connectivity index (χ1) is 7.88. The lowest BCUT2D eigenvalue weighted by molar-refractivity contribution is -0.0362. The molecule has 0 heterocycles. The first-order valence-electron chi connectivity index (χ1n) is 6.00. The first-order valence-corrected chi connectivity index (χ1v) is 6.00. The van der Waals surface area contributed by atoms with E-state index < -0.39 is 0 Å². The summed E-state index contributed by atoms with van der Waals surface area (Å²) in [4.78, 5) is 0. The Bertz CT molecular complexity index is 211. The van der Waals surface area contributed by atoms with Gasteiger partial charge in [-0.1, -0.05) is 24.3 Å². The summed E-state index contributed by atoms with van der Waals surface area (Å²) in [7, 11) is 0. The molecule has 1 unspecified atom stereocenters. The van der Waals surface area contributed by atoms with Gasteiger partial charge in [0.15, 0.2) is 0 Å². The fourth-order valence-corrected chi connectivity index (χ4v) is 1.64. The summed E-state index contributed by atoms with van der Waals surface area (Å²) in [5.74, 6) is 0.354. The molecule has 0 aromatic carbocycles. The van der Waals surface area contributed by atoms with E-state index in [1.54, 1.807) is 0 Å². The van der Waals surface area contributed by atoms with Crippen LogP contribution in [0, 0.1) is 5.92 Å². The van der Waals surface area contributed by atoms with E-state index in [0.29, 0.717) is 25.7 Å². The van der Waals surface area contributed by atoms with Crippen LogP contribution < -0.4 is 0 Å². The third-order valence-electron chi connectivity index (χ3n) is 2.45. The number of hydrogen-bond acceptors (Lipinski definition) is 3. The van der Waals surface area contributed by atoms with Crippen molar-refractivity contribution in [2.75, 3.05) is 33.0 Å². The molecule has 3 nitrogen and oxygen atoms in total. The summed E-state index contributed by atoms with van der Waals surface area (Å²) in [5.41, 5.74) is 0. The summed E-state index contributed by atoms with van der Waals surface area (Å²) in [6.45, 7) is 7.38. The van der Waals surface area contributed by atoms with Gasteiger partial charge in [-0.3, -0.25) is 0 Å². The van der Waals surface area contributed by atoms with Gasteiger partial charge in [0.25, 0.3) is 0 Å². The van der Waals surface area contributed by atoms with Crippen molar-refractivity contribution in [1.29, 1.82) is 0 Å². The summed E-state index contributed by atoms with van der Waals surface area (Å²) < 4.78 is 16.4. The maximum Gasteiger partial charge on any atom is 0.0905 e. The molecule has 1 rings (SSSR count). The smallest absolute Gasteiger partial charge is 0.0905 e. The van der Waals surface area contributed by atoms with Crippen LogP contribution in [-0.2, 0) is 14.2 Å². The Morgan fingerprint density at radius 2 is 1.69 bits per heavy atom. The number of hydrogen-bond donors (Lipinski definition) is 0. The molecular formula is C13H22O3. The second kappa shape index (κ2) is 8.50. The fraction of sp³-hybridized carbons (Fsp3) is 0.692. The summed E-state index contributed by atoms with van der Waals surface area (Å²) in [6.07, 6.45) is 8.52. The van der Waals surface area contributed by atoms with E-state index in [4.69, 9.17) is 14.2 Å². The zero-order valence-electron chi connectivity index (χ0n) is 10.2. The van der Waals surface area contributed by atoms with Gasteiger partial charge in [0.1, 0.15) is 0 Å². The summed E-state index contributed by atoms with van der Waals surface area (Å²) in [6, 6.07) is 0. The van der Waals surface area contributed by atoms with Crippen molar-refractivity contribution in [3.05, 3.63) is 24.3 Å². The average Bonchev–Trinajstić information content (AvgIpc) is 2.81. The fourth-order valence-electron chi connectivity index (χ4n) is 1.64. The molecule has 92 valence electrons. The van der Waals surface area contributed by atoms with Gasteiger partial charge in [0, 0.05) is 19.1 Å². The Balaban J connectivity index is 2.17. The van der Waals surface area contributed by atoms with Crippen LogP contribution >= 0.6 is 0 Å². The van der Waals surface area contributed by atoms with Gasteiger partial charge in [-0.05, 0) is 13.8 Å². The average molecular weight is 226 g/mol. The monoisotopic (exact) mass is 226 g/mol. The predicted octanol–water partition coefficient (Wildman–Crippen LogP) is 2.19. The minimum Gasteiger partial charge on any atom is -0.379 e. The van der Waals surface area contributed by atoms with Gasteiger partial charge >= 0.3 is 0 Å². The van der Waals surface area contributed by atoms with Crippen LogP contribution in [0.4, 0.5) is 0 Å². The van der Waals surface area contributed by atoms with Gasteiger partial charge in [-0.15, -0.1) is 0 Å². The van der Waals surface area contributed by atoms with Crippen molar-refractivity contribution in [2.45, 2.75) is 20.0 Å². The highest BCUT2D eigenvalue weighted by atomic mass is 16.5. The molecule has 16 heavy (non-hydrogen) atoms. The molecule has 0 spiro atoms. The van der Waals surface area contributed by atoms with Gasteiger partial charge in [0.05, 0.1) is 25.9 Å². The molecule has 0 bridgehead atoms. The normalized spacial score (nSPS) is 17.1. The highest BCUT2D eigenvalue weighted by molar-refractivity contribution is 5.19. The van der Waals surface area contributed by atoms with Crippen molar-refractivity contribution in [2.24, 2.45) is 5.92 Å². The number of allylic oxidation sites excluding steroid dienone is 2. The Morgan fingerprint density at radius 3 is 2.31 bits per heavy atom. The van der Waals surface area contributed by atoms with Crippen molar-refractivity contribution in [3.8, 4) is 0 Å². The lowest BCUT2D eigenvalue weighted by Crippen LogP contribution is -2.27. The summed E-state index contributed by atoms with van der Waals surface area (Å²) >= 11 is 0. The predicted molar refractivity (Wildman–Crippen MR) is 64.5 cm³/mol. The molecule has 3 heteroatoms. The molecule has 1 aliphatic carbocycles. The highest BCUT2D eigenvalue weighted by Gasteiger charge is 2.18. The second-order valence-corrected chi connectivity index (χ2v) is 3.61. The molecule has 0 aromatic rings. The van der Waals surface area contributed by atoms with E-state index in [0.717, 1.165) is 13.2 Å². The van der Waals surface area contributed by atoms with E-state index in [1.807, 2.05) is 13.8 Å². The molecule has 0 aromatic heterocycles. The molecule has 0 aliphatic heterocycles. The van der Waals surface area contributed by atoms with Crippen LogP contribution in [0.3, 0.4) is 0 Å². The minimum absolute atomic E-state index is 0.127. The van der Waals surface area contributed by atoms with Crippen LogP contribution in [0.25, 0.3) is 0 Å². The number of ether oxygens (including phenoxy) is 3. The Kier molecular flexibility index (Phi) is 7.14. The lowest BCUT2D eigenvalue weighted by atomic mass is 10.1. The van der Waals surface area contributed by atoms with Gasteiger partial charge in [-0.2, -0.15) is 0 Å². The molecule has 0 saturated carbocycles. The molecule has 0 radical (unpaired) electrons. The van der Waals surface area contributed by atoms with Gasteiger partial charge in [0.2, 0.25) is 0 Å². The van der Waals surface area contributed by atoms with Crippen molar-refractivity contribution < 1.29 is 14.2 Å². The zero-order chi connectivity index (χ0) is 11.6. The van der Waals surface area contributed by atoms with E-state index >= 15 is 0 Å². The third kappa shape index (κ3) is 4.92. The second-order valence-electron chi connectivity index (χ2n) is 3.61. The van der Waals surface area contributed by atoms with E-state index in [2.05, 4.69) is 24.3 Å². The number of rotatable bonds is 9. The molecule has 1 atom stereocenters. The quantitative estimate of drug-likeness (QED) is 0.564. The standard InChI is InChI=1S/C13H22O3/c1-3-14-9-10-15-11-13(16-4-2)12-7-5-6-8-12/h5-8,12-13H,3-4,9-11H2,1-2H3.